The Bertz CT molecular complexity index is 1450. The summed E-state index contributed by atoms with van der Waals surface area (Å²) in [5, 5.41) is 4.72. The van der Waals surface area contributed by atoms with Crippen molar-refractivity contribution in [3.63, 3.8) is 0 Å². The summed E-state index contributed by atoms with van der Waals surface area (Å²) in [6, 6.07) is 8.06. The van der Waals surface area contributed by atoms with Crippen LogP contribution in [0.3, 0.4) is 0 Å². The van der Waals surface area contributed by atoms with E-state index in [0.29, 0.717) is 23.8 Å². The minimum absolute atomic E-state index is 0.148. The van der Waals surface area contributed by atoms with Crippen LogP contribution in [0.2, 0.25) is 0 Å². The van der Waals surface area contributed by atoms with Gasteiger partial charge in [0, 0.05) is 83.2 Å². The molecule has 6 rings (SSSR count). The number of aromatic nitrogens is 5. The predicted molar refractivity (Wildman–Crippen MR) is 128 cm³/mol. The molecular weight excluding hydrogens is 412 g/mol. The van der Waals surface area contributed by atoms with E-state index in [1.807, 2.05) is 26.2 Å². The van der Waals surface area contributed by atoms with Crippen molar-refractivity contribution in [3.8, 4) is 11.1 Å². The molecule has 0 amide bonds. The van der Waals surface area contributed by atoms with E-state index >= 15 is 0 Å². The van der Waals surface area contributed by atoms with Gasteiger partial charge in [-0.3, -0.25) is 14.8 Å². The van der Waals surface area contributed by atoms with Gasteiger partial charge in [0.05, 0.1) is 0 Å². The van der Waals surface area contributed by atoms with E-state index in [2.05, 4.69) is 40.0 Å². The van der Waals surface area contributed by atoms with Crippen LogP contribution in [0.1, 0.15) is 52.5 Å². The van der Waals surface area contributed by atoms with Gasteiger partial charge in [0.25, 0.3) is 5.56 Å². The highest BCUT2D eigenvalue weighted by molar-refractivity contribution is 5.64. The first-order valence-electron chi connectivity index (χ1n) is 11.5. The second-order valence-corrected chi connectivity index (χ2v) is 9.29. The second kappa shape index (κ2) is 7.47. The van der Waals surface area contributed by atoms with Crippen LogP contribution in [0.15, 0.2) is 41.5 Å². The molecule has 1 aliphatic heterocycles. The van der Waals surface area contributed by atoms with Gasteiger partial charge in [0.2, 0.25) is 0 Å². The maximum atomic E-state index is 12.6. The summed E-state index contributed by atoms with van der Waals surface area (Å²) >= 11 is 0. The van der Waals surface area contributed by atoms with Gasteiger partial charge in [-0.15, -0.1) is 5.10 Å². The van der Waals surface area contributed by atoms with Gasteiger partial charge >= 0.3 is 0 Å². The first-order chi connectivity index (χ1) is 16.0. The average Bonchev–Trinajstić information content (AvgIpc) is 3.67. The molecular formula is C26H26N6O. The van der Waals surface area contributed by atoms with Gasteiger partial charge in [0.1, 0.15) is 0 Å². The summed E-state index contributed by atoms with van der Waals surface area (Å²) in [6.07, 6.45) is 7.28. The third-order valence-electron chi connectivity index (χ3n) is 6.91. The Balaban J connectivity index is 1.35. The zero-order valence-electron chi connectivity index (χ0n) is 19.2. The second-order valence-electron chi connectivity index (χ2n) is 9.29. The Kier molecular flexibility index (Phi) is 4.54. The van der Waals surface area contributed by atoms with E-state index in [1.165, 1.54) is 34.7 Å². The van der Waals surface area contributed by atoms with Gasteiger partial charge in [-0.05, 0) is 51.3 Å². The summed E-state index contributed by atoms with van der Waals surface area (Å²) in [7, 11) is 0. The van der Waals surface area contributed by atoms with Crippen LogP contribution in [0.5, 0.6) is 0 Å². The first-order valence-corrected chi connectivity index (χ1v) is 11.5. The Hall–Kier alpha value is -3.61. The smallest absolute Gasteiger partial charge is 0.274 e. The monoisotopic (exact) mass is 438 g/mol. The van der Waals surface area contributed by atoms with Crippen molar-refractivity contribution in [2.45, 2.75) is 52.5 Å². The molecule has 166 valence electrons. The summed E-state index contributed by atoms with van der Waals surface area (Å²) in [6.45, 7) is 7.42. The molecule has 0 unspecified atom stereocenters. The normalized spacial score (nSPS) is 15.7. The first kappa shape index (κ1) is 20.0. The summed E-state index contributed by atoms with van der Waals surface area (Å²) < 4.78 is 1.43. The number of anilines is 1. The number of hydrogen-bond acceptors (Lipinski definition) is 6. The summed E-state index contributed by atoms with van der Waals surface area (Å²) in [4.78, 5) is 28.8. The highest BCUT2D eigenvalue weighted by Gasteiger charge is 2.25. The largest absolute Gasteiger partial charge is 0.350 e. The van der Waals surface area contributed by atoms with Crippen LogP contribution in [-0.4, -0.2) is 31.1 Å². The van der Waals surface area contributed by atoms with Gasteiger partial charge < -0.3 is 4.90 Å². The lowest BCUT2D eigenvalue weighted by atomic mass is 10.00. The molecule has 4 aromatic heterocycles. The molecule has 0 N–H and O–H groups in total. The fraction of sp³-hybridized carbons (Fsp3) is 0.346. The van der Waals surface area contributed by atoms with Crippen LogP contribution < -0.4 is 10.5 Å². The fourth-order valence-corrected chi connectivity index (χ4v) is 4.70. The van der Waals surface area contributed by atoms with Crippen LogP contribution in [0.4, 0.5) is 5.82 Å². The summed E-state index contributed by atoms with van der Waals surface area (Å²) in [5.74, 6) is 1.49. The summed E-state index contributed by atoms with van der Waals surface area (Å²) in [5.41, 5.74) is 8.93. The van der Waals surface area contributed by atoms with Crippen LogP contribution >= 0.6 is 0 Å². The highest BCUT2D eigenvalue weighted by atomic mass is 16.1. The standard InChI is InChI=1S/C26H26N6O/c1-15-10-24(33)32-25(29-15)16(2)17(3)26(30-32)31-9-8-23-21(14-31)11-20(13-28-23)19-6-7-22(27-12-19)18-4-5-18/h6-7,10-13,18H,4-5,8-9,14H2,1-3H3. The maximum absolute atomic E-state index is 12.6. The van der Waals surface area contributed by atoms with Crippen molar-refractivity contribution in [2.24, 2.45) is 0 Å². The minimum atomic E-state index is -0.148. The third-order valence-corrected chi connectivity index (χ3v) is 6.91. The number of rotatable bonds is 3. The Morgan fingerprint density at radius 2 is 1.79 bits per heavy atom. The third kappa shape index (κ3) is 3.48. The molecule has 0 atom stereocenters. The number of hydrogen-bond donors (Lipinski definition) is 0. The maximum Gasteiger partial charge on any atom is 0.274 e. The Morgan fingerprint density at radius 1 is 0.970 bits per heavy atom. The van der Waals surface area contributed by atoms with E-state index in [1.54, 1.807) is 0 Å². The lowest BCUT2D eigenvalue weighted by Gasteiger charge is -2.31. The SMILES string of the molecule is Cc1cc(=O)n2nc(N3CCc4ncc(-c5ccc(C6CC6)nc5)cc4C3)c(C)c(C)c2n1. The molecule has 7 heteroatoms. The highest BCUT2D eigenvalue weighted by Crippen LogP contribution is 2.39. The predicted octanol–water partition coefficient (Wildman–Crippen LogP) is 3.91. The zero-order valence-corrected chi connectivity index (χ0v) is 19.2. The van der Waals surface area contributed by atoms with E-state index in [9.17, 15) is 4.79 Å². The van der Waals surface area contributed by atoms with Gasteiger partial charge in [-0.2, -0.15) is 4.52 Å². The number of pyridine rings is 2. The Morgan fingerprint density at radius 3 is 2.55 bits per heavy atom. The molecule has 0 aromatic carbocycles. The molecule has 0 bridgehead atoms. The van der Waals surface area contributed by atoms with Crippen LogP contribution in [0.25, 0.3) is 16.8 Å². The molecule has 0 radical (unpaired) electrons. The van der Waals surface area contributed by atoms with Crippen molar-refractivity contribution in [2.75, 3.05) is 11.4 Å². The molecule has 2 aliphatic rings. The number of aryl methyl sites for hydroxylation is 2. The average molecular weight is 439 g/mol. The van der Waals surface area contributed by atoms with Crippen molar-refractivity contribution in [1.29, 1.82) is 0 Å². The molecule has 1 saturated carbocycles. The molecule has 1 aliphatic carbocycles. The number of nitrogens with zero attached hydrogens (tertiary/aromatic N) is 6. The van der Waals surface area contributed by atoms with E-state index < -0.39 is 0 Å². The fourth-order valence-electron chi connectivity index (χ4n) is 4.70. The number of fused-ring (bicyclic) bond motifs is 2. The van der Waals surface area contributed by atoms with Crippen molar-refractivity contribution in [1.82, 2.24) is 24.6 Å². The molecule has 4 aromatic rings. The lowest BCUT2D eigenvalue weighted by Crippen LogP contribution is -2.34. The van der Waals surface area contributed by atoms with Gasteiger partial charge in [-0.25, -0.2) is 4.98 Å². The lowest BCUT2D eigenvalue weighted by molar-refractivity contribution is 0.684. The molecule has 33 heavy (non-hydrogen) atoms. The molecule has 0 spiro atoms. The van der Waals surface area contributed by atoms with Crippen LogP contribution in [0, 0.1) is 20.8 Å². The van der Waals surface area contributed by atoms with E-state index in [0.717, 1.165) is 46.7 Å². The molecule has 5 heterocycles. The quantitative estimate of drug-likeness (QED) is 0.483. The van der Waals surface area contributed by atoms with Gasteiger partial charge in [0.15, 0.2) is 11.5 Å². The van der Waals surface area contributed by atoms with E-state index in [4.69, 9.17) is 10.1 Å². The van der Waals surface area contributed by atoms with Crippen LogP contribution in [-0.2, 0) is 13.0 Å². The molecule has 7 nitrogen and oxygen atoms in total. The molecule has 1 fully saturated rings. The van der Waals surface area contributed by atoms with E-state index in [-0.39, 0.29) is 5.56 Å². The van der Waals surface area contributed by atoms with Crippen molar-refractivity contribution >= 4 is 11.5 Å². The molecule has 0 saturated heterocycles. The van der Waals surface area contributed by atoms with Crippen molar-refractivity contribution in [3.05, 3.63) is 80.8 Å². The topological polar surface area (TPSA) is 76.3 Å². The van der Waals surface area contributed by atoms with Crippen molar-refractivity contribution < 1.29 is 0 Å². The van der Waals surface area contributed by atoms with Gasteiger partial charge in [-0.1, -0.05) is 6.07 Å². The zero-order chi connectivity index (χ0) is 22.7. The Labute approximate surface area is 192 Å². The minimum Gasteiger partial charge on any atom is -0.350 e.